The summed E-state index contributed by atoms with van der Waals surface area (Å²) < 4.78 is 0. The van der Waals surface area contributed by atoms with Gasteiger partial charge in [-0.1, -0.05) is 24.3 Å². The average Bonchev–Trinajstić information content (AvgIpc) is 2.21. The van der Waals surface area contributed by atoms with Crippen molar-refractivity contribution in [1.29, 1.82) is 10.5 Å². The van der Waals surface area contributed by atoms with Crippen LogP contribution < -0.4 is 0 Å². The number of nitrogens with zero attached hydrogens (tertiary/aromatic N) is 2. The maximum Gasteiger partial charge on any atom is 0.0624 e. The first kappa shape index (κ1) is 12.5. The van der Waals surface area contributed by atoms with E-state index >= 15 is 0 Å². The van der Waals surface area contributed by atoms with Gasteiger partial charge in [-0.15, -0.1) is 0 Å². The van der Waals surface area contributed by atoms with E-state index in [0.717, 1.165) is 25.7 Å². The van der Waals surface area contributed by atoms with E-state index in [9.17, 15) is 0 Å². The first-order valence-electron chi connectivity index (χ1n) is 4.95. The largest absolute Gasteiger partial charge is 0.198 e. The number of nitriles is 2. The van der Waals surface area contributed by atoms with Crippen LogP contribution in [0.25, 0.3) is 0 Å². The molecule has 0 aliphatic carbocycles. The third kappa shape index (κ3) is 10.5. The van der Waals surface area contributed by atoms with E-state index in [-0.39, 0.29) is 0 Å². The van der Waals surface area contributed by atoms with Gasteiger partial charge >= 0.3 is 0 Å². The molecule has 0 fully saturated rings. The normalized spacial score (nSPS) is 10.4. The van der Waals surface area contributed by atoms with Gasteiger partial charge < -0.3 is 0 Å². The summed E-state index contributed by atoms with van der Waals surface area (Å²) in [5.74, 6) is 0. The zero-order valence-electron chi connectivity index (χ0n) is 8.45. The van der Waals surface area contributed by atoms with E-state index in [2.05, 4.69) is 24.3 Å². The molecular formula is C12H16N2. The molecule has 0 bridgehead atoms. The van der Waals surface area contributed by atoms with E-state index in [0.29, 0.717) is 12.8 Å². The highest BCUT2D eigenvalue weighted by Gasteiger charge is 1.80. The molecule has 14 heavy (non-hydrogen) atoms. The Labute approximate surface area is 86.2 Å². The molecule has 2 nitrogen and oxygen atoms in total. The first-order chi connectivity index (χ1) is 6.91. The van der Waals surface area contributed by atoms with Gasteiger partial charge in [0.1, 0.15) is 0 Å². The minimum atomic E-state index is 0.606. The van der Waals surface area contributed by atoms with Crippen molar-refractivity contribution in [3.8, 4) is 12.1 Å². The van der Waals surface area contributed by atoms with Gasteiger partial charge in [-0.05, 0) is 25.7 Å². The van der Waals surface area contributed by atoms with E-state index in [1.54, 1.807) is 0 Å². The fourth-order valence-electron chi connectivity index (χ4n) is 0.960. The summed E-state index contributed by atoms with van der Waals surface area (Å²) in [5, 5.41) is 16.5. The number of hydrogen-bond donors (Lipinski definition) is 0. The highest BCUT2D eigenvalue weighted by molar-refractivity contribution is 4.90. The Morgan fingerprint density at radius 2 is 1.00 bits per heavy atom. The standard InChI is InChI=1S/C12H16N2/c13-11-9-7-5-3-1-2-4-6-8-10-12-14/h3-6H,1-2,7-10H2. The summed E-state index contributed by atoms with van der Waals surface area (Å²) in [6.07, 6.45) is 13.3. The lowest BCUT2D eigenvalue weighted by molar-refractivity contribution is 0.991. The van der Waals surface area contributed by atoms with Crippen LogP contribution in [-0.2, 0) is 0 Å². The molecular weight excluding hydrogens is 172 g/mol. The van der Waals surface area contributed by atoms with Crippen LogP contribution in [0, 0.1) is 22.7 Å². The van der Waals surface area contributed by atoms with Crippen molar-refractivity contribution >= 4 is 0 Å². The molecule has 0 rings (SSSR count). The molecule has 74 valence electrons. The van der Waals surface area contributed by atoms with Gasteiger partial charge in [0, 0.05) is 12.8 Å². The van der Waals surface area contributed by atoms with E-state index in [1.807, 2.05) is 12.2 Å². The molecule has 0 unspecified atom stereocenters. The van der Waals surface area contributed by atoms with Gasteiger partial charge in [-0.25, -0.2) is 0 Å². The van der Waals surface area contributed by atoms with Gasteiger partial charge in [-0.3, -0.25) is 0 Å². The van der Waals surface area contributed by atoms with Gasteiger partial charge in [0.05, 0.1) is 12.1 Å². The Morgan fingerprint density at radius 3 is 1.36 bits per heavy atom. The molecule has 0 saturated heterocycles. The lowest BCUT2D eigenvalue weighted by Gasteiger charge is -1.87. The summed E-state index contributed by atoms with van der Waals surface area (Å²) >= 11 is 0. The lowest BCUT2D eigenvalue weighted by Crippen LogP contribution is -1.68. The molecule has 0 aliphatic rings. The second-order valence-corrected chi connectivity index (χ2v) is 2.91. The summed E-state index contributed by atoms with van der Waals surface area (Å²) in [7, 11) is 0. The van der Waals surface area contributed by atoms with E-state index in [4.69, 9.17) is 10.5 Å². The number of unbranched alkanes of at least 4 members (excludes halogenated alkanes) is 3. The van der Waals surface area contributed by atoms with Crippen molar-refractivity contribution in [2.75, 3.05) is 0 Å². The topological polar surface area (TPSA) is 47.6 Å². The second-order valence-electron chi connectivity index (χ2n) is 2.91. The fourth-order valence-corrected chi connectivity index (χ4v) is 0.960. The molecule has 0 aromatic heterocycles. The molecule has 0 aromatic carbocycles. The van der Waals surface area contributed by atoms with Crippen molar-refractivity contribution < 1.29 is 0 Å². The van der Waals surface area contributed by atoms with Crippen molar-refractivity contribution in [3.05, 3.63) is 24.3 Å². The zero-order valence-corrected chi connectivity index (χ0v) is 8.45. The third-order valence-electron chi connectivity index (χ3n) is 1.68. The molecule has 0 amide bonds. The van der Waals surface area contributed by atoms with Crippen molar-refractivity contribution in [3.63, 3.8) is 0 Å². The molecule has 0 aromatic rings. The van der Waals surface area contributed by atoms with Crippen LogP contribution in [0.15, 0.2) is 24.3 Å². The minimum absolute atomic E-state index is 0.606. The Hall–Kier alpha value is -1.54. The predicted molar refractivity (Wildman–Crippen MR) is 57.2 cm³/mol. The quantitative estimate of drug-likeness (QED) is 0.453. The van der Waals surface area contributed by atoms with Gasteiger partial charge in [0.2, 0.25) is 0 Å². The summed E-state index contributed by atoms with van der Waals surface area (Å²) in [6, 6.07) is 4.19. The maximum absolute atomic E-state index is 8.27. The maximum atomic E-state index is 8.27. The first-order valence-corrected chi connectivity index (χ1v) is 4.95. The molecule has 0 atom stereocenters. The van der Waals surface area contributed by atoms with E-state index in [1.165, 1.54) is 0 Å². The zero-order chi connectivity index (χ0) is 10.5. The number of hydrogen-bond acceptors (Lipinski definition) is 2. The summed E-state index contributed by atoms with van der Waals surface area (Å²) in [5.41, 5.74) is 0. The van der Waals surface area contributed by atoms with Crippen LogP contribution in [0.4, 0.5) is 0 Å². The van der Waals surface area contributed by atoms with Crippen LogP contribution >= 0.6 is 0 Å². The third-order valence-corrected chi connectivity index (χ3v) is 1.68. The molecule has 0 saturated carbocycles. The highest BCUT2D eigenvalue weighted by Crippen LogP contribution is 1.97. The molecule has 0 spiro atoms. The van der Waals surface area contributed by atoms with Crippen molar-refractivity contribution in [1.82, 2.24) is 0 Å². The van der Waals surface area contributed by atoms with Gasteiger partial charge in [-0.2, -0.15) is 10.5 Å². The summed E-state index contributed by atoms with van der Waals surface area (Å²) in [4.78, 5) is 0. The van der Waals surface area contributed by atoms with Crippen LogP contribution in [-0.4, -0.2) is 0 Å². The molecule has 0 aliphatic heterocycles. The summed E-state index contributed by atoms with van der Waals surface area (Å²) in [6.45, 7) is 0. The lowest BCUT2D eigenvalue weighted by atomic mass is 10.2. The Morgan fingerprint density at radius 1 is 0.643 bits per heavy atom. The van der Waals surface area contributed by atoms with Crippen molar-refractivity contribution in [2.24, 2.45) is 0 Å². The molecule has 0 N–H and O–H groups in total. The van der Waals surface area contributed by atoms with Gasteiger partial charge in [0.25, 0.3) is 0 Å². The van der Waals surface area contributed by atoms with Crippen LogP contribution in [0.1, 0.15) is 38.5 Å². The Kier molecular flexibility index (Phi) is 10.2. The highest BCUT2D eigenvalue weighted by atomic mass is 14.2. The monoisotopic (exact) mass is 188 g/mol. The smallest absolute Gasteiger partial charge is 0.0624 e. The Bertz CT molecular complexity index is 222. The van der Waals surface area contributed by atoms with Crippen molar-refractivity contribution in [2.45, 2.75) is 38.5 Å². The van der Waals surface area contributed by atoms with Crippen LogP contribution in [0.5, 0.6) is 0 Å². The SMILES string of the molecule is N#CCCC=CCCC=CCCC#N. The van der Waals surface area contributed by atoms with E-state index < -0.39 is 0 Å². The minimum Gasteiger partial charge on any atom is -0.198 e. The molecule has 0 radical (unpaired) electrons. The van der Waals surface area contributed by atoms with Crippen LogP contribution in [0.2, 0.25) is 0 Å². The average molecular weight is 188 g/mol. The Balaban J connectivity index is 3.21. The fraction of sp³-hybridized carbons (Fsp3) is 0.500. The predicted octanol–water partition coefficient (Wildman–Crippen LogP) is 3.49. The second kappa shape index (κ2) is 11.5. The van der Waals surface area contributed by atoms with Gasteiger partial charge in [0.15, 0.2) is 0 Å². The van der Waals surface area contributed by atoms with Crippen LogP contribution in [0.3, 0.4) is 0 Å². The number of rotatable bonds is 7. The molecule has 2 heteroatoms. The number of allylic oxidation sites excluding steroid dienone is 4. The molecule has 0 heterocycles.